The van der Waals surface area contributed by atoms with Crippen LogP contribution in [0.4, 0.5) is 11.8 Å². The minimum Gasteiger partial charge on any atom is -0.394 e. The number of fused-ring (bicyclic) bond motifs is 1. The van der Waals surface area contributed by atoms with Crippen LogP contribution in [-0.4, -0.2) is 50.8 Å². The summed E-state index contributed by atoms with van der Waals surface area (Å²) in [6.45, 7) is 5.73. The zero-order chi connectivity index (χ0) is 22.0. The van der Waals surface area contributed by atoms with Gasteiger partial charge in [-0.1, -0.05) is 26.0 Å². The number of aryl methyl sites for hydroxylation is 1. The highest BCUT2D eigenvalue weighted by Crippen LogP contribution is 2.34. The smallest absolute Gasteiger partial charge is 0.227 e. The fraction of sp³-hybridized carbons (Fsp3) is 0.522. The van der Waals surface area contributed by atoms with Crippen LogP contribution in [0.2, 0.25) is 0 Å². The molecule has 2 aliphatic heterocycles. The Labute approximate surface area is 186 Å². The lowest BCUT2D eigenvalue weighted by Gasteiger charge is -2.33. The van der Waals surface area contributed by atoms with Gasteiger partial charge in [-0.15, -0.1) is 0 Å². The Balaban J connectivity index is 1.54. The van der Waals surface area contributed by atoms with Gasteiger partial charge in [-0.25, -0.2) is 4.98 Å². The SMILES string of the molecule is CC(C)[C@H](CO)Nc1nc(N2CCC(c3cccc(C#N)c3)CC2)nc2c1S(=O)CC2. The molecule has 0 radical (unpaired) electrons. The van der Waals surface area contributed by atoms with Crippen molar-refractivity contribution in [3.63, 3.8) is 0 Å². The van der Waals surface area contributed by atoms with E-state index in [9.17, 15) is 9.32 Å². The van der Waals surface area contributed by atoms with Crippen molar-refractivity contribution in [1.82, 2.24) is 9.97 Å². The Kier molecular flexibility index (Phi) is 6.54. The fourth-order valence-corrected chi connectivity index (χ4v) is 5.61. The van der Waals surface area contributed by atoms with E-state index in [0.717, 1.165) is 31.6 Å². The first kappa shape index (κ1) is 21.7. The summed E-state index contributed by atoms with van der Waals surface area (Å²) < 4.78 is 12.6. The summed E-state index contributed by atoms with van der Waals surface area (Å²) in [6, 6.07) is 9.96. The summed E-state index contributed by atoms with van der Waals surface area (Å²) in [5.41, 5.74) is 2.78. The standard InChI is InChI=1S/C23H29N5O2S/c1-15(2)20(14-29)25-22-21-19(8-11-31(21)30)26-23(27-22)28-9-6-17(7-10-28)18-5-3-4-16(12-18)13-24/h3-5,12,15,17,20,29H,6-11,14H2,1-2H3,(H,25,26,27)/t20-,31?/m0/s1. The lowest BCUT2D eigenvalue weighted by atomic mass is 9.89. The average Bonchev–Trinajstić information content (AvgIpc) is 3.18. The van der Waals surface area contributed by atoms with Gasteiger partial charge in [0.05, 0.1) is 40.8 Å². The molecule has 2 atom stereocenters. The summed E-state index contributed by atoms with van der Waals surface area (Å²) >= 11 is 0. The number of piperidine rings is 1. The van der Waals surface area contributed by atoms with Crippen molar-refractivity contribution in [3.05, 3.63) is 41.1 Å². The van der Waals surface area contributed by atoms with E-state index < -0.39 is 10.8 Å². The van der Waals surface area contributed by atoms with Crippen molar-refractivity contribution in [2.75, 3.05) is 35.7 Å². The predicted octanol–water partition coefficient (Wildman–Crippen LogP) is 2.82. The maximum Gasteiger partial charge on any atom is 0.227 e. The number of nitrogens with one attached hydrogen (secondary N) is 1. The predicted molar refractivity (Wildman–Crippen MR) is 122 cm³/mol. The maximum absolute atomic E-state index is 12.6. The van der Waals surface area contributed by atoms with E-state index in [-0.39, 0.29) is 18.6 Å². The Morgan fingerprint density at radius 2 is 2.10 bits per heavy atom. The van der Waals surface area contributed by atoms with Gasteiger partial charge in [0.1, 0.15) is 10.7 Å². The van der Waals surface area contributed by atoms with Crippen molar-refractivity contribution in [2.45, 2.75) is 50.0 Å². The zero-order valence-corrected chi connectivity index (χ0v) is 18.9. The van der Waals surface area contributed by atoms with Crippen molar-refractivity contribution in [3.8, 4) is 6.07 Å². The van der Waals surface area contributed by atoms with E-state index in [1.54, 1.807) is 0 Å². The van der Waals surface area contributed by atoms with Gasteiger partial charge in [-0.2, -0.15) is 10.2 Å². The van der Waals surface area contributed by atoms with Gasteiger partial charge in [0.15, 0.2) is 0 Å². The number of hydrogen-bond donors (Lipinski definition) is 2. The first-order valence-corrected chi connectivity index (χ1v) is 12.2. The second kappa shape index (κ2) is 9.33. The summed E-state index contributed by atoms with van der Waals surface area (Å²) in [4.78, 5) is 12.4. The van der Waals surface area contributed by atoms with Gasteiger partial charge in [-0.05, 0) is 42.4 Å². The van der Waals surface area contributed by atoms with E-state index in [0.29, 0.717) is 40.3 Å². The van der Waals surface area contributed by atoms with Crippen LogP contribution in [0.1, 0.15) is 49.4 Å². The van der Waals surface area contributed by atoms with Crippen LogP contribution < -0.4 is 10.2 Å². The molecule has 0 saturated carbocycles. The van der Waals surface area contributed by atoms with E-state index in [1.807, 2.05) is 32.0 Å². The topological polar surface area (TPSA) is 102 Å². The molecule has 1 aromatic heterocycles. The first-order chi connectivity index (χ1) is 15.0. The summed E-state index contributed by atoms with van der Waals surface area (Å²) in [5.74, 6) is 2.49. The van der Waals surface area contributed by atoms with Gasteiger partial charge in [0.2, 0.25) is 5.95 Å². The van der Waals surface area contributed by atoms with E-state index in [1.165, 1.54) is 5.56 Å². The molecule has 164 valence electrons. The van der Waals surface area contributed by atoms with Gasteiger partial charge in [-0.3, -0.25) is 4.21 Å². The number of anilines is 2. The first-order valence-electron chi connectivity index (χ1n) is 10.9. The number of aliphatic hydroxyl groups excluding tert-OH is 1. The highest BCUT2D eigenvalue weighted by molar-refractivity contribution is 7.85. The molecule has 3 heterocycles. The van der Waals surface area contributed by atoms with Gasteiger partial charge in [0, 0.05) is 25.3 Å². The van der Waals surface area contributed by atoms with Crippen LogP contribution >= 0.6 is 0 Å². The van der Waals surface area contributed by atoms with E-state index in [2.05, 4.69) is 22.4 Å². The molecule has 2 aromatic rings. The van der Waals surface area contributed by atoms with Crippen LogP contribution in [0.15, 0.2) is 29.2 Å². The van der Waals surface area contributed by atoms with Crippen LogP contribution in [0, 0.1) is 17.2 Å². The molecule has 4 rings (SSSR count). The zero-order valence-electron chi connectivity index (χ0n) is 18.0. The second-order valence-corrected chi connectivity index (χ2v) is 10.1. The number of benzene rings is 1. The molecule has 1 aromatic carbocycles. The summed E-state index contributed by atoms with van der Waals surface area (Å²) in [7, 11) is -1.10. The molecule has 1 fully saturated rings. The van der Waals surface area contributed by atoms with Crippen molar-refractivity contribution in [2.24, 2.45) is 5.92 Å². The van der Waals surface area contributed by atoms with Crippen molar-refractivity contribution in [1.29, 1.82) is 5.26 Å². The van der Waals surface area contributed by atoms with E-state index in [4.69, 9.17) is 15.2 Å². The highest BCUT2D eigenvalue weighted by atomic mass is 32.2. The number of rotatable bonds is 6. The third-order valence-corrected chi connectivity index (χ3v) is 7.72. The Morgan fingerprint density at radius 1 is 1.32 bits per heavy atom. The van der Waals surface area contributed by atoms with Crippen LogP contribution in [0.25, 0.3) is 0 Å². The normalized spacial score (nSPS) is 19.8. The number of aliphatic hydroxyl groups is 1. The van der Waals surface area contributed by atoms with Crippen molar-refractivity contribution >= 4 is 22.6 Å². The largest absolute Gasteiger partial charge is 0.394 e. The van der Waals surface area contributed by atoms with Gasteiger partial charge >= 0.3 is 0 Å². The molecule has 0 aliphatic carbocycles. The Hall–Kier alpha value is -2.50. The molecule has 2 aliphatic rings. The molecule has 0 amide bonds. The number of nitriles is 1. The molecule has 1 saturated heterocycles. The minimum atomic E-state index is -1.10. The molecule has 2 N–H and O–H groups in total. The second-order valence-electron chi connectivity index (χ2n) is 8.62. The third kappa shape index (κ3) is 4.58. The maximum atomic E-state index is 12.6. The fourth-order valence-electron chi connectivity index (χ4n) is 4.30. The van der Waals surface area contributed by atoms with Crippen LogP contribution in [0.3, 0.4) is 0 Å². The quantitative estimate of drug-likeness (QED) is 0.713. The monoisotopic (exact) mass is 439 g/mol. The molecule has 1 unspecified atom stereocenters. The van der Waals surface area contributed by atoms with Crippen LogP contribution in [0.5, 0.6) is 0 Å². The lowest BCUT2D eigenvalue weighted by Crippen LogP contribution is -2.35. The number of aromatic nitrogens is 2. The summed E-state index contributed by atoms with van der Waals surface area (Å²) in [6.07, 6.45) is 2.62. The Bertz CT molecular complexity index is 1010. The van der Waals surface area contributed by atoms with E-state index >= 15 is 0 Å². The molecule has 31 heavy (non-hydrogen) atoms. The van der Waals surface area contributed by atoms with Gasteiger partial charge < -0.3 is 15.3 Å². The number of nitrogens with zero attached hydrogens (tertiary/aromatic N) is 4. The third-order valence-electron chi connectivity index (χ3n) is 6.26. The Morgan fingerprint density at radius 3 is 2.77 bits per heavy atom. The summed E-state index contributed by atoms with van der Waals surface area (Å²) in [5, 5.41) is 22.3. The molecular weight excluding hydrogens is 410 g/mol. The van der Waals surface area contributed by atoms with Crippen molar-refractivity contribution < 1.29 is 9.32 Å². The lowest BCUT2D eigenvalue weighted by molar-refractivity contribution is 0.249. The molecular formula is C23H29N5O2S. The van der Waals surface area contributed by atoms with Gasteiger partial charge in [0.25, 0.3) is 0 Å². The average molecular weight is 440 g/mol. The minimum absolute atomic E-state index is 0.00837. The molecule has 0 spiro atoms. The molecule has 7 nitrogen and oxygen atoms in total. The molecule has 8 heteroatoms. The molecule has 0 bridgehead atoms. The number of hydrogen-bond acceptors (Lipinski definition) is 7. The van der Waals surface area contributed by atoms with Crippen LogP contribution in [-0.2, 0) is 17.2 Å². The highest BCUT2D eigenvalue weighted by Gasteiger charge is 2.30.